The Balaban J connectivity index is 2.36. The van der Waals surface area contributed by atoms with Crippen molar-refractivity contribution in [2.75, 3.05) is 13.7 Å². The lowest BCUT2D eigenvalue weighted by atomic mass is 10.1. The van der Waals surface area contributed by atoms with Crippen LogP contribution in [-0.4, -0.2) is 30.2 Å². The molecule has 1 aromatic rings. The number of phenolic OH excluding ortho intramolecular Hbond substituents is 1. The van der Waals surface area contributed by atoms with Crippen LogP contribution in [0, 0.1) is 0 Å². The van der Waals surface area contributed by atoms with Crippen molar-refractivity contribution in [2.24, 2.45) is 0 Å². The highest BCUT2D eigenvalue weighted by atomic mass is 16.5. The van der Waals surface area contributed by atoms with Gasteiger partial charge in [0, 0.05) is 30.6 Å². The lowest BCUT2D eigenvalue weighted by Gasteiger charge is -2.20. The molecule has 5 nitrogen and oxygen atoms in total. The van der Waals surface area contributed by atoms with Gasteiger partial charge >= 0.3 is 0 Å². The van der Waals surface area contributed by atoms with Gasteiger partial charge in [-0.1, -0.05) is 0 Å². The van der Waals surface area contributed by atoms with E-state index in [1.165, 1.54) is 0 Å². The Morgan fingerprint density at radius 1 is 1.35 bits per heavy atom. The summed E-state index contributed by atoms with van der Waals surface area (Å²) in [6, 6.07) is 5.08. The number of methoxy groups -OCH3 is 1. The van der Waals surface area contributed by atoms with Crippen LogP contribution >= 0.6 is 0 Å². The van der Waals surface area contributed by atoms with E-state index in [9.17, 15) is 9.90 Å². The second-order valence-corrected chi connectivity index (χ2v) is 5.72. The molecule has 0 unspecified atom stereocenters. The van der Waals surface area contributed by atoms with E-state index < -0.39 is 0 Å². The summed E-state index contributed by atoms with van der Waals surface area (Å²) in [6.07, 6.45) is 0.405. The molecule has 0 atom stereocenters. The average molecular weight is 280 g/mol. The zero-order valence-corrected chi connectivity index (χ0v) is 12.6. The van der Waals surface area contributed by atoms with Crippen LogP contribution in [0.15, 0.2) is 18.2 Å². The quantitative estimate of drug-likeness (QED) is 0.695. The Kier molecular flexibility index (Phi) is 5.82. The monoisotopic (exact) mass is 280 g/mol. The van der Waals surface area contributed by atoms with Crippen molar-refractivity contribution in [1.29, 1.82) is 0 Å². The molecule has 0 fully saturated rings. The van der Waals surface area contributed by atoms with Gasteiger partial charge in [-0.15, -0.1) is 0 Å². The molecule has 1 amide bonds. The van der Waals surface area contributed by atoms with Gasteiger partial charge in [-0.3, -0.25) is 4.79 Å². The molecule has 0 heterocycles. The number of amides is 1. The molecule has 0 bridgehead atoms. The minimum Gasteiger partial charge on any atom is -0.508 e. The molecule has 1 aromatic carbocycles. The van der Waals surface area contributed by atoms with Crippen molar-refractivity contribution in [2.45, 2.75) is 39.3 Å². The number of hydrogen-bond acceptors (Lipinski definition) is 4. The molecule has 0 aromatic heterocycles. The summed E-state index contributed by atoms with van der Waals surface area (Å²) in [4.78, 5) is 11.6. The summed E-state index contributed by atoms with van der Waals surface area (Å²) in [5, 5.41) is 15.8. The van der Waals surface area contributed by atoms with E-state index in [0.717, 1.165) is 5.56 Å². The molecule has 0 saturated carbocycles. The van der Waals surface area contributed by atoms with Crippen molar-refractivity contribution < 1.29 is 14.6 Å². The average Bonchev–Trinajstić information content (AvgIpc) is 2.34. The van der Waals surface area contributed by atoms with Crippen molar-refractivity contribution >= 4 is 5.91 Å². The van der Waals surface area contributed by atoms with Gasteiger partial charge in [-0.2, -0.15) is 0 Å². The normalized spacial score (nSPS) is 11.2. The summed E-state index contributed by atoms with van der Waals surface area (Å²) in [6.45, 7) is 6.90. The number of benzene rings is 1. The molecule has 112 valence electrons. The summed E-state index contributed by atoms with van der Waals surface area (Å²) in [7, 11) is 1.58. The summed E-state index contributed by atoms with van der Waals surface area (Å²) >= 11 is 0. The maximum Gasteiger partial charge on any atom is 0.221 e. The van der Waals surface area contributed by atoms with E-state index in [-0.39, 0.29) is 17.2 Å². The molecule has 0 aliphatic rings. The SMILES string of the molecule is COc1ccc(O)c(CNCCC(=O)NC(C)(C)C)c1. The van der Waals surface area contributed by atoms with Crippen LogP contribution in [0.4, 0.5) is 0 Å². The Hall–Kier alpha value is -1.75. The highest BCUT2D eigenvalue weighted by molar-refractivity contribution is 5.76. The first kappa shape index (κ1) is 16.3. The van der Waals surface area contributed by atoms with Crippen LogP contribution in [0.2, 0.25) is 0 Å². The fourth-order valence-electron chi connectivity index (χ4n) is 1.74. The third kappa shape index (κ3) is 5.93. The molecule has 3 N–H and O–H groups in total. The first-order chi connectivity index (χ1) is 9.31. The Bertz CT molecular complexity index is 453. The largest absolute Gasteiger partial charge is 0.508 e. The predicted octanol–water partition coefficient (Wildman–Crippen LogP) is 1.80. The zero-order chi connectivity index (χ0) is 15.2. The number of carbonyl (C=O) groups excluding carboxylic acids is 1. The number of hydrogen-bond donors (Lipinski definition) is 3. The van der Waals surface area contributed by atoms with Gasteiger partial charge in [0.25, 0.3) is 0 Å². The van der Waals surface area contributed by atoms with Gasteiger partial charge in [0.2, 0.25) is 5.91 Å². The molecular formula is C15H24N2O3. The van der Waals surface area contributed by atoms with Crippen LogP contribution in [0.3, 0.4) is 0 Å². The highest BCUT2D eigenvalue weighted by Gasteiger charge is 2.13. The lowest BCUT2D eigenvalue weighted by Crippen LogP contribution is -2.41. The van der Waals surface area contributed by atoms with Gasteiger partial charge < -0.3 is 20.5 Å². The summed E-state index contributed by atoms with van der Waals surface area (Å²) in [5.74, 6) is 0.933. The molecule has 0 saturated heterocycles. The number of rotatable bonds is 6. The van der Waals surface area contributed by atoms with E-state index in [2.05, 4.69) is 10.6 Å². The molecule has 0 spiro atoms. The number of carbonyl (C=O) groups is 1. The second-order valence-electron chi connectivity index (χ2n) is 5.72. The van der Waals surface area contributed by atoms with Crippen LogP contribution in [0.1, 0.15) is 32.8 Å². The van der Waals surface area contributed by atoms with Crippen molar-refractivity contribution in [3.05, 3.63) is 23.8 Å². The lowest BCUT2D eigenvalue weighted by molar-refractivity contribution is -0.122. The molecule has 0 aliphatic carbocycles. The van der Waals surface area contributed by atoms with E-state index >= 15 is 0 Å². The topological polar surface area (TPSA) is 70.6 Å². The number of phenols is 1. The van der Waals surface area contributed by atoms with E-state index in [1.807, 2.05) is 20.8 Å². The zero-order valence-electron chi connectivity index (χ0n) is 12.6. The standard InChI is InChI=1S/C15H24N2O3/c1-15(2,3)17-14(19)7-8-16-10-11-9-12(20-4)5-6-13(11)18/h5-6,9,16,18H,7-8,10H2,1-4H3,(H,17,19). The van der Waals surface area contributed by atoms with Crippen LogP contribution in [0.25, 0.3) is 0 Å². The van der Waals surface area contributed by atoms with Gasteiger partial charge in [0.15, 0.2) is 0 Å². The molecule has 0 aliphatic heterocycles. The smallest absolute Gasteiger partial charge is 0.221 e. The third-order valence-electron chi connectivity index (χ3n) is 2.65. The third-order valence-corrected chi connectivity index (χ3v) is 2.65. The Morgan fingerprint density at radius 2 is 2.05 bits per heavy atom. The van der Waals surface area contributed by atoms with Crippen LogP contribution < -0.4 is 15.4 Å². The number of nitrogens with one attached hydrogen (secondary N) is 2. The van der Waals surface area contributed by atoms with Gasteiger partial charge in [0.1, 0.15) is 11.5 Å². The molecular weight excluding hydrogens is 256 g/mol. The maximum atomic E-state index is 11.6. The van der Waals surface area contributed by atoms with Crippen LogP contribution in [-0.2, 0) is 11.3 Å². The Morgan fingerprint density at radius 3 is 2.65 bits per heavy atom. The highest BCUT2D eigenvalue weighted by Crippen LogP contribution is 2.22. The fraction of sp³-hybridized carbons (Fsp3) is 0.533. The van der Waals surface area contributed by atoms with Crippen molar-refractivity contribution in [3.8, 4) is 11.5 Å². The minimum absolute atomic E-state index is 0.0138. The second kappa shape index (κ2) is 7.14. The number of ether oxygens (including phenoxy) is 1. The molecule has 20 heavy (non-hydrogen) atoms. The Labute approximate surface area is 120 Å². The van der Waals surface area contributed by atoms with Gasteiger partial charge in [-0.05, 0) is 39.0 Å². The van der Waals surface area contributed by atoms with E-state index in [1.54, 1.807) is 25.3 Å². The summed E-state index contributed by atoms with van der Waals surface area (Å²) < 4.78 is 5.11. The van der Waals surface area contributed by atoms with Gasteiger partial charge in [0.05, 0.1) is 7.11 Å². The molecule has 5 heteroatoms. The summed E-state index contributed by atoms with van der Waals surface area (Å²) in [5.41, 5.74) is 0.544. The molecule has 1 rings (SSSR count). The van der Waals surface area contributed by atoms with Gasteiger partial charge in [-0.25, -0.2) is 0 Å². The van der Waals surface area contributed by atoms with Crippen molar-refractivity contribution in [3.63, 3.8) is 0 Å². The molecule has 0 radical (unpaired) electrons. The minimum atomic E-state index is -0.206. The predicted molar refractivity (Wildman–Crippen MR) is 78.9 cm³/mol. The van der Waals surface area contributed by atoms with E-state index in [4.69, 9.17) is 4.74 Å². The van der Waals surface area contributed by atoms with Crippen molar-refractivity contribution in [1.82, 2.24) is 10.6 Å². The first-order valence-electron chi connectivity index (χ1n) is 6.69. The van der Waals surface area contributed by atoms with Crippen LogP contribution in [0.5, 0.6) is 11.5 Å². The fourth-order valence-corrected chi connectivity index (χ4v) is 1.74. The van der Waals surface area contributed by atoms with E-state index in [0.29, 0.717) is 25.3 Å². The maximum absolute atomic E-state index is 11.6. The number of aromatic hydroxyl groups is 1. The first-order valence-corrected chi connectivity index (χ1v) is 6.69.